The SMILES string of the molecule is COc1cc(NC2CSc3ccccc32)ccc1Br. The summed E-state index contributed by atoms with van der Waals surface area (Å²) in [5.41, 5.74) is 2.47. The standard InChI is InChI=1S/C15H14BrNOS/c1-18-14-8-10(6-7-12(14)16)17-13-9-19-15-5-3-2-4-11(13)15/h2-8,13,17H,9H2,1H3. The maximum Gasteiger partial charge on any atom is 0.135 e. The van der Waals surface area contributed by atoms with Crippen molar-refractivity contribution in [2.45, 2.75) is 10.9 Å². The molecule has 0 amide bonds. The Morgan fingerprint density at radius 1 is 1.26 bits per heavy atom. The number of anilines is 1. The Morgan fingerprint density at radius 3 is 2.95 bits per heavy atom. The largest absolute Gasteiger partial charge is 0.495 e. The lowest BCUT2D eigenvalue weighted by Crippen LogP contribution is -2.09. The number of halogens is 1. The Balaban J connectivity index is 1.83. The van der Waals surface area contributed by atoms with Gasteiger partial charge in [-0.3, -0.25) is 0 Å². The number of hydrogen-bond donors (Lipinski definition) is 1. The molecule has 98 valence electrons. The van der Waals surface area contributed by atoms with E-state index in [9.17, 15) is 0 Å². The zero-order chi connectivity index (χ0) is 13.2. The van der Waals surface area contributed by atoms with E-state index >= 15 is 0 Å². The molecule has 4 heteroatoms. The summed E-state index contributed by atoms with van der Waals surface area (Å²) >= 11 is 5.38. The second-order valence-corrected chi connectivity index (χ2v) is 6.31. The van der Waals surface area contributed by atoms with Gasteiger partial charge in [-0.15, -0.1) is 11.8 Å². The van der Waals surface area contributed by atoms with Crippen molar-refractivity contribution in [1.82, 2.24) is 0 Å². The van der Waals surface area contributed by atoms with Crippen molar-refractivity contribution in [2.24, 2.45) is 0 Å². The van der Waals surface area contributed by atoms with Gasteiger partial charge in [0.2, 0.25) is 0 Å². The molecule has 3 rings (SSSR count). The number of ether oxygens (including phenoxy) is 1. The van der Waals surface area contributed by atoms with Gasteiger partial charge in [-0.2, -0.15) is 0 Å². The van der Waals surface area contributed by atoms with Crippen LogP contribution in [0.3, 0.4) is 0 Å². The monoisotopic (exact) mass is 335 g/mol. The molecule has 19 heavy (non-hydrogen) atoms. The molecule has 0 radical (unpaired) electrons. The van der Waals surface area contributed by atoms with Crippen LogP contribution in [0.1, 0.15) is 11.6 Å². The van der Waals surface area contributed by atoms with E-state index in [2.05, 4.69) is 51.6 Å². The van der Waals surface area contributed by atoms with E-state index in [-0.39, 0.29) is 0 Å². The molecular weight excluding hydrogens is 322 g/mol. The lowest BCUT2D eigenvalue weighted by atomic mass is 10.1. The summed E-state index contributed by atoms with van der Waals surface area (Å²) in [6.45, 7) is 0. The Bertz CT molecular complexity index is 602. The van der Waals surface area contributed by atoms with Crippen LogP contribution in [0.5, 0.6) is 5.75 Å². The summed E-state index contributed by atoms with van der Waals surface area (Å²) in [5, 5.41) is 3.58. The first kappa shape index (κ1) is 12.9. The lowest BCUT2D eigenvalue weighted by Gasteiger charge is -2.16. The summed E-state index contributed by atoms with van der Waals surface area (Å²) in [5.74, 6) is 1.92. The van der Waals surface area contributed by atoms with Crippen molar-refractivity contribution in [1.29, 1.82) is 0 Å². The molecule has 0 saturated heterocycles. The first-order chi connectivity index (χ1) is 9.28. The smallest absolute Gasteiger partial charge is 0.135 e. The minimum Gasteiger partial charge on any atom is -0.495 e. The highest BCUT2D eigenvalue weighted by Crippen LogP contribution is 2.40. The normalized spacial score (nSPS) is 17.1. The Kier molecular flexibility index (Phi) is 3.71. The number of benzene rings is 2. The van der Waals surface area contributed by atoms with Crippen molar-refractivity contribution in [2.75, 3.05) is 18.2 Å². The van der Waals surface area contributed by atoms with E-state index in [4.69, 9.17) is 4.74 Å². The lowest BCUT2D eigenvalue weighted by molar-refractivity contribution is 0.412. The molecule has 0 bridgehead atoms. The highest BCUT2D eigenvalue weighted by atomic mass is 79.9. The van der Waals surface area contributed by atoms with Crippen LogP contribution in [-0.2, 0) is 0 Å². The third-order valence-corrected chi connectivity index (χ3v) is 5.03. The molecule has 2 aromatic carbocycles. The molecular formula is C15H14BrNOS. The first-order valence-electron chi connectivity index (χ1n) is 6.10. The summed E-state index contributed by atoms with van der Waals surface area (Å²) in [6, 6.07) is 15.0. The zero-order valence-electron chi connectivity index (χ0n) is 10.5. The molecule has 0 saturated carbocycles. The quantitative estimate of drug-likeness (QED) is 0.877. The van der Waals surface area contributed by atoms with Crippen LogP contribution >= 0.6 is 27.7 Å². The number of hydrogen-bond acceptors (Lipinski definition) is 3. The predicted molar refractivity (Wildman–Crippen MR) is 84.2 cm³/mol. The highest BCUT2D eigenvalue weighted by molar-refractivity contribution is 9.10. The van der Waals surface area contributed by atoms with Crippen molar-refractivity contribution in [3.8, 4) is 5.75 Å². The van der Waals surface area contributed by atoms with Crippen LogP contribution in [0.15, 0.2) is 51.8 Å². The van der Waals surface area contributed by atoms with E-state index in [0.717, 1.165) is 21.7 Å². The average molecular weight is 336 g/mol. The van der Waals surface area contributed by atoms with E-state index in [0.29, 0.717) is 6.04 Å². The van der Waals surface area contributed by atoms with Gasteiger partial charge < -0.3 is 10.1 Å². The van der Waals surface area contributed by atoms with Gasteiger partial charge in [0.05, 0.1) is 17.6 Å². The second kappa shape index (κ2) is 5.47. The van der Waals surface area contributed by atoms with Gasteiger partial charge in [-0.05, 0) is 39.7 Å². The van der Waals surface area contributed by atoms with Gasteiger partial charge in [-0.25, -0.2) is 0 Å². The molecule has 2 aromatic rings. The zero-order valence-corrected chi connectivity index (χ0v) is 12.9. The van der Waals surface area contributed by atoms with Crippen molar-refractivity contribution in [3.05, 3.63) is 52.5 Å². The molecule has 1 atom stereocenters. The predicted octanol–water partition coefficient (Wildman–Crippen LogP) is 4.72. The first-order valence-corrected chi connectivity index (χ1v) is 7.87. The fourth-order valence-electron chi connectivity index (χ4n) is 2.23. The number of methoxy groups -OCH3 is 1. The molecule has 1 aliphatic rings. The molecule has 2 nitrogen and oxygen atoms in total. The van der Waals surface area contributed by atoms with Crippen LogP contribution in [-0.4, -0.2) is 12.9 Å². The highest BCUT2D eigenvalue weighted by Gasteiger charge is 2.22. The molecule has 1 N–H and O–H groups in total. The number of nitrogens with one attached hydrogen (secondary N) is 1. The summed E-state index contributed by atoms with van der Waals surface area (Å²) in [7, 11) is 1.69. The molecule has 0 aromatic heterocycles. The van der Waals surface area contributed by atoms with Gasteiger partial charge in [0.1, 0.15) is 5.75 Å². The van der Waals surface area contributed by atoms with Gasteiger partial charge in [0, 0.05) is 22.4 Å². The van der Waals surface area contributed by atoms with Crippen molar-refractivity contribution in [3.63, 3.8) is 0 Å². The number of rotatable bonds is 3. The van der Waals surface area contributed by atoms with E-state index < -0.39 is 0 Å². The fraction of sp³-hybridized carbons (Fsp3) is 0.200. The summed E-state index contributed by atoms with van der Waals surface area (Å²) in [4.78, 5) is 1.38. The topological polar surface area (TPSA) is 21.3 Å². The van der Waals surface area contributed by atoms with E-state index in [1.54, 1.807) is 7.11 Å². The van der Waals surface area contributed by atoms with Gasteiger partial charge in [0.15, 0.2) is 0 Å². The van der Waals surface area contributed by atoms with Crippen molar-refractivity contribution >= 4 is 33.4 Å². The molecule has 0 aliphatic carbocycles. The summed E-state index contributed by atoms with van der Waals surface area (Å²) < 4.78 is 6.30. The van der Waals surface area contributed by atoms with Crippen LogP contribution in [0.25, 0.3) is 0 Å². The van der Waals surface area contributed by atoms with Crippen LogP contribution in [0, 0.1) is 0 Å². The molecule has 1 unspecified atom stereocenters. The van der Waals surface area contributed by atoms with E-state index in [1.165, 1.54) is 10.5 Å². The maximum absolute atomic E-state index is 5.33. The second-order valence-electron chi connectivity index (χ2n) is 4.40. The average Bonchev–Trinajstić information content (AvgIpc) is 2.84. The fourth-order valence-corrected chi connectivity index (χ4v) is 3.80. The van der Waals surface area contributed by atoms with Crippen LogP contribution < -0.4 is 10.1 Å². The third-order valence-electron chi connectivity index (χ3n) is 3.19. The molecule has 0 spiro atoms. The minimum absolute atomic E-state index is 0.368. The number of fused-ring (bicyclic) bond motifs is 1. The van der Waals surface area contributed by atoms with Crippen LogP contribution in [0.4, 0.5) is 5.69 Å². The van der Waals surface area contributed by atoms with Gasteiger partial charge in [0.25, 0.3) is 0 Å². The minimum atomic E-state index is 0.368. The maximum atomic E-state index is 5.33. The Hall–Kier alpha value is -1.13. The van der Waals surface area contributed by atoms with Crippen LogP contribution in [0.2, 0.25) is 0 Å². The molecule has 0 fully saturated rings. The molecule has 1 heterocycles. The Labute approximate surface area is 125 Å². The van der Waals surface area contributed by atoms with E-state index in [1.807, 2.05) is 23.9 Å². The van der Waals surface area contributed by atoms with Gasteiger partial charge >= 0.3 is 0 Å². The molecule has 1 aliphatic heterocycles. The van der Waals surface area contributed by atoms with Gasteiger partial charge in [-0.1, -0.05) is 18.2 Å². The number of thioether (sulfide) groups is 1. The Morgan fingerprint density at radius 2 is 2.11 bits per heavy atom. The summed E-state index contributed by atoms with van der Waals surface area (Å²) in [6.07, 6.45) is 0. The third kappa shape index (κ3) is 2.60. The van der Waals surface area contributed by atoms with Crippen molar-refractivity contribution < 1.29 is 4.74 Å².